The lowest BCUT2D eigenvalue weighted by molar-refractivity contribution is -0.159. The van der Waals surface area contributed by atoms with E-state index in [-0.39, 0.29) is 31.5 Å². The molecule has 0 spiro atoms. The van der Waals surface area contributed by atoms with Gasteiger partial charge < -0.3 is 24.5 Å². The van der Waals surface area contributed by atoms with Gasteiger partial charge in [0.1, 0.15) is 23.5 Å². The van der Waals surface area contributed by atoms with E-state index in [0.717, 1.165) is 27.6 Å². The maximum atomic E-state index is 13.6. The van der Waals surface area contributed by atoms with E-state index in [1.165, 1.54) is 0 Å². The average Bonchev–Trinajstić information content (AvgIpc) is 3.41. The van der Waals surface area contributed by atoms with Crippen molar-refractivity contribution in [3.63, 3.8) is 0 Å². The predicted molar refractivity (Wildman–Crippen MR) is 187 cm³/mol. The van der Waals surface area contributed by atoms with Crippen molar-refractivity contribution in [2.24, 2.45) is 0 Å². The lowest BCUT2D eigenvalue weighted by Gasteiger charge is -2.29. The molecule has 0 radical (unpaired) electrons. The molecule has 5 rings (SSSR count). The zero-order chi connectivity index (χ0) is 34.1. The fourth-order valence-electron chi connectivity index (χ4n) is 5.90. The van der Waals surface area contributed by atoms with E-state index in [4.69, 9.17) is 24.9 Å². The quantitative estimate of drug-likeness (QED) is 0.124. The van der Waals surface area contributed by atoms with Gasteiger partial charge in [-0.15, -0.1) is 0 Å². The van der Waals surface area contributed by atoms with Gasteiger partial charge in [-0.25, -0.2) is 9.97 Å². The standard InChI is InChI=1S/C38H45N5O5/c1-5-46-25-32-41-35-36(30-19-17-27(18-20-33(44)47-6-2)21-31(30)40-37(35)39)43(32)26-38(3,4)48-34(45)24-42(22-28-13-9-7-10-14-28)23-29-15-11-8-12-16-29/h7-17,19,21H,5-6,18,20,22-26H2,1-4H3,(H2,39,40). The minimum Gasteiger partial charge on any atom is -0.466 e. The van der Waals surface area contributed by atoms with Gasteiger partial charge in [-0.2, -0.15) is 0 Å². The third-order valence-corrected chi connectivity index (χ3v) is 7.99. The minimum atomic E-state index is -0.902. The van der Waals surface area contributed by atoms with Crippen LogP contribution in [0.5, 0.6) is 0 Å². The Morgan fingerprint density at radius 2 is 1.52 bits per heavy atom. The second kappa shape index (κ2) is 15.9. The highest BCUT2D eigenvalue weighted by Gasteiger charge is 2.29. The summed E-state index contributed by atoms with van der Waals surface area (Å²) >= 11 is 0. The number of esters is 2. The molecule has 2 N–H and O–H groups in total. The second-order valence-electron chi connectivity index (χ2n) is 12.5. The first-order chi connectivity index (χ1) is 23.2. The Morgan fingerprint density at radius 1 is 0.854 bits per heavy atom. The van der Waals surface area contributed by atoms with Crippen LogP contribution in [0.25, 0.3) is 21.9 Å². The van der Waals surface area contributed by atoms with Crippen LogP contribution >= 0.6 is 0 Å². The summed E-state index contributed by atoms with van der Waals surface area (Å²) < 4.78 is 19.1. The number of aromatic nitrogens is 3. The lowest BCUT2D eigenvalue weighted by Crippen LogP contribution is -2.38. The van der Waals surface area contributed by atoms with Gasteiger partial charge in [-0.1, -0.05) is 72.8 Å². The Morgan fingerprint density at radius 3 is 2.15 bits per heavy atom. The Bertz CT molecular complexity index is 1800. The highest BCUT2D eigenvalue weighted by molar-refractivity contribution is 6.06. The highest BCUT2D eigenvalue weighted by atomic mass is 16.6. The summed E-state index contributed by atoms with van der Waals surface area (Å²) in [6.45, 7) is 10.3. The van der Waals surface area contributed by atoms with E-state index in [9.17, 15) is 9.59 Å². The van der Waals surface area contributed by atoms with Crippen LogP contribution in [0.1, 0.15) is 56.6 Å². The molecule has 0 saturated carbocycles. The van der Waals surface area contributed by atoms with Gasteiger partial charge >= 0.3 is 11.9 Å². The van der Waals surface area contributed by atoms with E-state index in [0.29, 0.717) is 61.9 Å². The molecule has 0 atom stereocenters. The number of imidazole rings is 1. The van der Waals surface area contributed by atoms with Crippen molar-refractivity contribution in [1.82, 2.24) is 19.4 Å². The lowest BCUT2D eigenvalue weighted by atomic mass is 10.1. The smallest absolute Gasteiger partial charge is 0.320 e. The first-order valence-electron chi connectivity index (χ1n) is 16.5. The first kappa shape index (κ1) is 34.5. The summed E-state index contributed by atoms with van der Waals surface area (Å²) in [5.74, 6) is 0.404. The third kappa shape index (κ3) is 8.96. The van der Waals surface area contributed by atoms with Crippen molar-refractivity contribution in [2.75, 3.05) is 25.5 Å². The summed E-state index contributed by atoms with van der Waals surface area (Å²) in [7, 11) is 0. The normalized spacial score (nSPS) is 11.8. The van der Waals surface area contributed by atoms with E-state index in [1.807, 2.05) is 79.9 Å². The largest absolute Gasteiger partial charge is 0.466 e. The van der Waals surface area contributed by atoms with Crippen LogP contribution in [0.4, 0.5) is 5.82 Å². The second-order valence-corrected chi connectivity index (χ2v) is 12.5. The Labute approximate surface area is 281 Å². The van der Waals surface area contributed by atoms with E-state index in [2.05, 4.69) is 34.1 Å². The van der Waals surface area contributed by atoms with Gasteiger partial charge in [0.25, 0.3) is 0 Å². The number of ether oxygens (including phenoxy) is 3. The first-order valence-corrected chi connectivity index (χ1v) is 16.5. The molecule has 2 aromatic heterocycles. The number of aryl methyl sites for hydroxylation is 1. The number of nitrogen functional groups attached to an aromatic ring is 1. The number of fused-ring (bicyclic) bond motifs is 3. The van der Waals surface area contributed by atoms with E-state index >= 15 is 0 Å². The molecule has 48 heavy (non-hydrogen) atoms. The minimum absolute atomic E-state index is 0.123. The molecule has 0 aliphatic rings. The van der Waals surface area contributed by atoms with Crippen molar-refractivity contribution in [2.45, 2.75) is 72.4 Å². The Hall–Kier alpha value is -4.80. The van der Waals surface area contributed by atoms with Crippen LogP contribution in [0.3, 0.4) is 0 Å². The van der Waals surface area contributed by atoms with Gasteiger partial charge in [0, 0.05) is 31.5 Å². The molecular weight excluding hydrogens is 606 g/mol. The number of hydrogen-bond acceptors (Lipinski definition) is 9. The summed E-state index contributed by atoms with van der Waals surface area (Å²) in [5, 5.41) is 0.855. The van der Waals surface area contributed by atoms with Crippen molar-refractivity contribution in [3.8, 4) is 0 Å². The summed E-state index contributed by atoms with van der Waals surface area (Å²) in [6, 6.07) is 26.1. The Balaban J connectivity index is 1.40. The summed E-state index contributed by atoms with van der Waals surface area (Å²) in [4.78, 5) is 37.1. The van der Waals surface area contributed by atoms with Crippen LogP contribution in [0, 0.1) is 0 Å². The SMILES string of the molecule is CCOCc1nc2c(N)nc3cc(CCC(=O)OCC)ccc3c2n1CC(C)(C)OC(=O)CN(Cc1ccccc1)Cc1ccccc1. The van der Waals surface area contributed by atoms with E-state index < -0.39 is 5.60 Å². The van der Waals surface area contributed by atoms with Gasteiger partial charge in [0.2, 0.25) is 0 Å². The topological polar surface area (TPSA) is 122 Å². The van der Waals surface area contributed by atoms with Crippen molar-refractivity contribution < 1.29 is 23.8 Å². The van der Waals surface area contributed by atoms with E-state index in [1.54, 1.807) is 6.92 Å². The molecular formula is C38H45N5O5. The number of nitrogens with two attached hydrogens (primary N) is 1. The number of anilines is 1. The van der Waals surface area contributed by atoms with Crippen LogP contribution in [-0.4, -0.2) is 56.7 Å². The number of carbonyl (C=O) groups excluding carboxylic acids is 2. The highest BCUT2D eigenvalue weighted by Crippen LogP contribution is 2.32. The molecule has 0 aliphatic heterocycles. The van der Waals surface area contributed by atoms with Gasteiger partial charge in [-0.05, 0) is 56.9 Å². The number of benzene rings is 3. The molecule has 2 heterocycles. The van der Waals surface area contributed by atoms with Crippen LogP contribution in [0.15, 0.2) is 78.9 Å². The monoisotopic (exact) mass is 651 g/mol. The molecule has 0 bridgehead atoms. The maximum absolute atomic E-state index is 13.6. The molecule has 5 aromatic rings. The molecule has 10 heteroatoms. The van der Waals surface area contributed by atoms with Crippen molar-refractivity contribution >= 4 is 39.7 Å². The predicted octanol–water partition coefficient (Wildman–Crippen LogP) is 6.22. The molecule has 10 nitrogen and oxygen atoms in total. The third-order valence-electron chi connectivity index (χ3n) is 7.99. The number of nitrogens with zero attached hydrogens (tertiary/aromatic N) is 4. The van der Waals surface area contributed by atoms with Gasteiger partial charge in [-0.3, -0.25) is 14.5 Å². The Kier molecular flexibility index (Phi) is 11.4. The molecule has 0 amide bonds. The van der Waals surface area contributed by atoms with Crippen LogP contribution < -0.4 is 5.73 Å². The summed E-state index contributed by atoms with van der Waals surface area (Å²) in [6.07, 6.45) is 0.805. The van der Waals surface area contributed by atoms with Crippen LogP contribution in [-0.2, 0) is 56.5 Å². The number of hydrogen-bond donors (Lipinski definition) is 1. The zero-order valence-electron chi connectivity index (χ0n) is 28.3. The fourth-order valence-corrected chi connectivity index (χ4v) is 5.90. The number of pyridine rings is 1. The molecule has 0 aliphatic carbocycles. The zero-order valence-corrected chi connectivity index (χ0v) is 28.3. The molecule has 252 valence electrons. The molecule has 0 fully saturated rings. The number of rotatable bonds is 16. The molecule has 0 unspecified atom stereocenters. The van der Waals surface area contributed by atoms with Gasteiger partial charge in [0.05, 0.1) is 30.7 Å². The molecule has 0 saturated heterocycles. The maximum Gasteiger partial charge on any atom is 0.320 e. The van der Waals surface area contributed by atoms with Crippen molar-refractivity contribution in [1.29, 1.82) is 0 Å². The van der Waals surface area contributed by atoms with Crippen molar-refractivity contribution in [3.05, 3.63) is 101 Å². The summed E-state index contributed by atoms with van der Waals surface area (Å²) in [5.41, 5.74) is 10.8. The average molecular weight is 652 g/mol. The number of carbonyl (C=O) groups is 2. The fraction of sp³-hybridized carbons (Fsp3) is 0.368. The molecule has 3 aromatic carbocycles. The van der Waals surface area contributed by atoms with Crippen LogP contribution in [0.2, 0.25) is 0 Å². The van der Waals surface area contributed by atoms with Gasteiger partial charge in [0.15, 0.2) is 5.82 Å².